The molecule has 1 fully saturated rings. The number of carbonyl (C=O) groups excluding carboxylic acids is 1. The van der Waals surface area contributed by atoms with Gasteiger partial charge in [0.2, 0.25) is 10.0 Å². The van der Waals surface area contributed by atoms with Crippen LogP contribution in [0.15, 0.2) is 4.52 Å². The molecule has 9 heteroatoms. The SMILES string of the molecule is CCc1noc(C)c1C(=O)N[C@@H]1COC[C@H]1CS(=O)(=O)N(C)C. The average molecular weight is 345 g/mol. The van der Waals surface area contributed by atoms with Crippen LogP contribution in [0.3, 0.4) is 0 Å². The van der Waals surface area contributed by atoms with Crippen LogP contribution in [0.4, 0.5) is 0 Å². The number of aromatic nitrogens is 1. The second-order valence-electron chi connectivity index (χ2n) is 5.85. The van der Waals surface area contributed by atoms with E-state index < -0.39 is 10.0 Å². The maximum absolute atomic E-state index is 12.5. The molecular weight excluding hydrogens is 322 g/mol. The zero-order chi connectivity index (χ0) is 17.2. The van der Waals surface area contributed by atoms with Gasteiger partial charge in [-0.3, -0.25) is 4.79 Å². The highest BCUT2D eigenvalue weighted by atomic mass is 32.2. The van der Waals surface area contributed by atoms with Crippen molar-refractivity contribution >= 4 is 15.9 Å². The lowest BCUT2D eigenvalue weighted by Crippen LogP contribution is -2.43. The van der Waals surface area contributed by atoms with Crippen LogP contribution in [-0.4, -0.2) is 62.9 Å². The highest BCUT2D eigenvalue weighted by molar-refractivity contribution is 7.89. The normalized spacial score (nSPS) is 21.8. The van der Waals surface area contributed by atoms with Crippen molar-refractivity contribution in [3.8, 4) is 0 Å². The van der Waals surface area contributed by atoms with Crippen LogP contribution in [0.5, 0.6) is 0 Å². The first-order chi connectivity index (χ1) is 10.8. The molecule has 130 valence electrons. The molecule has 1 amide bonds. The summed E-state index contributed by atoms with van der Waals surface area (Å²) in [4.78, 5) is 12.5. The summed E-state index contributed by atoms with van der Waals surface area (Å²) in [7, 11) is -0.368. The number of amides is 1. The molecule has 1 N–H and O–H groups in total. The Morgan fingerprint density at radius 2 is 2.09 bits per heavy atom. The highest BCUT2D eigenvalue weighted by Gasteiger charge is 2.35. The smallest absolute Gasteiger partial charge is 0.257 e. The molecule has 0 saturated carbocycles. The van der Waals surface area contributed by atoms with Crippen molar-refractivity contribution in [3.05, 3.63) is 17.0 Å². The summed E-state index contributed by atoms with van der Waals surface area (Å²) in [6.07, 6.45) is 0.583. The summed E-state index contributed by atoms with van der Waals surface area (Å²) in [5.74, 6) is -0.190. The standard InChI is InChI=1S/C14H23N3O5S/c1-5-11-13(9(2)22-16-11)14(18)15-12-7-21-6-10(12)8-23(19,20)17(3)4/h10,12H,5-8H2,1-4H3,(H,15,18)/t10-,12+/m0/s1. The van der Waals surface area contributed by atoms with E-state index in [1.165, 1.54) is 18.4 Å². The molecule has 2 heterocycles. The predicted octanol–water partition coefficient (Wildman–Crippen LogP) is 0.182. The summed E-state index contributed by atoms with van der Waals surface area (Å²) in [5, 5.41) is 6.72. The van der Waals surface area contributed by atoms with Gasteiger partial charge in [-0.15, -0.1) is 0 Å². The van der Waals surface area contributed by atoms with Gasteiger partial charge in [0.05, 0.1) is 30.7 Å². The summed E-state index contributed by atoms with van der Waals surface area (Å²) in [6.45, 7) is 4.17. The van der Waals surface area contributed by atoms with Gasteiger partial charge in [-0.05, 0) is 13.3 Å². The Bertz CT molecular complexity index is 668. The molecule has 2 rings (SSSR count). The number of carbonyl (C=O) groups is 1. The van der Waals surface area contributed by atoms with E-state index in [1.54, 1.807) is 6.92 Å². The number of nitrogens with zero attached hydrogens (tertiary/aromatic N) is 2. The maximum Gasteiger partial charge on any atom is 0.257 e. The number of hydrogen-bond donors (Lipinski definition) is 1. The van der Waals surface area contributed by atoms with Crippen molar-refractivity contribution in [1.29, 1.82) is 0 Å². The van der Waals surface area contributed by atoms with Crippen LogP contribution >= 0.6 is 0 Å². The fraction of sp³-hybridized carbons (Fsp3) is 0.714. The number of nitrogens with one attached hydrogen (secondary N) is 1. The largest absolute Gasteiger partial charge is 0.379 e. The maximum atomic E-state index is 12.5. The molecule has 0 radical (unpaired) electrons. The molecule has 1 aromatic rings. The van der Waals surface area contributed by atoms with Crippen LogP contribution in [0.25, 0.3) is 0 Å². The third kappa shape index (κ3) is 3.91. The molecule has 1 aromatic heterocycles. The van der Waals surface area contributed by atoms with E-state index >= 15 is 0 Å². The van der Waals surface area contributed by atoms with E-state index in [0.717, 1.165) is 0 Å². The van der Waals surface area contributed by atoms with Crippen LogP contribution in [0.2, 0.25) is 0 Å². The summed E-state index contributed by atoms with van der Waals surface area (Å²) in [5.41, 5.74) is 1.02. The van der Waals surface area contributed by atoms with E-state index in [9.17, 15) is 13.2 Å². The lowest BCUT2D eigenvalue weighted by molar-refractivity contribution is 0.0923. The van der Waals surface area contributed by atoms with E-state index in [2.05, 4.69) is 10.5 Å². The van der Waals surface area contributed by atoms with Crippen molar-refractivity contribution in [2.75, 3.05) is 33.1 Å². The van der Waals surface area contributed by atoms with Gasteiger partial charge in [0.25, 0.3) is 5.91 Å². The summed E-state index contributed by atoms with van der Waals surface area (Å²) >= 11 is 0. The Morgan fingerprint density at radius 1 is 1.39 bits per heavy atom. The molecule has 0 spiro atoms. The van der Waals surface area contributed by atoms with Gasteiger partial charge in [0.15, 0.2) is 0 Å². The number of aryl methyl sites for hydroxylation is 2. The number of rotatable bonds is 6. The molecule has 0 unspecified atom stereocenters. The molecule has 0 aliphatic carbocycles. The highest BCUT2D eigenvalue weighted by Crippen LogP contribution is 2.19. The van der Waals surface area contributed by atoms with E-state index in [1.807, 2.05) is 6.92 Å². The predicted molar refractivity (Wildman–Crippen MR) is 83.7 cm³/mol. The van der Waals surface area contributed by atoms with E-state index in [4.69, 9.17) is 9.26 Å². The average Bonchev–Trinajstić information content (AvgIpc) is 3.05. The van der Waals surface area contributed by atoms with Crippen molar-refractivity contribution in [3.63, 3.8) is 0 Å². The molecule has 1 saturated heterocycles. The van der Waals surface area contributed by atoms with Crippen LogP contribution in [0.1, 0.15) is 28.7 Å². The van der Waals surface area contributed by atoms with Gasteiger partial charge in [-0.1, -0.05) is 12.1 Å². The number of hydrogen-bond acceptors (Lipinski definition) is 6. The van der Waals surface area contributed by atoms with Gasteiger partial charge in [-0.25, -0.2) is 12.7 Å². The minimum Gasteiger partial charge on any atom is -0.379 e. The molecule has 0 bridgehead atoms. The monoisotopic (exact) mass is 345 g/mol. The van der Waals surface area contributed by atoms with Gasteiger partial charge in [0, 0.05) is 20.0 Å². The topological polar surface area (TPSA) is 102 Å². The lowest BCUT2D eigenvalue weighted by atomic mass is 10.0. The fourth-order valence-corrected chi connectivity index (χ4v) is 3.70. The summed E-state index contributed by atoms with van der Waals surface area (Å²) in [6, 6.07) is -0.351. The molecule has 0 aromatic carbocycles. The third-order valence-electron chi connectivity index (χ3n) is 3.99. The minimum absolute atomic E-state index is 0.0613. The Kier molecular flexibility index (Phi) is 5.43. The first-order valence-electron chi connectivity index (χ1n) is 7.50. The van der Waals surface area contributed by atoms with E-state index in [-0.39, 0.29) is 23.6 Å². The molecule has 2 atom stereocenters. The molecule has 23 heavy (non-hydrogen) atoms. The summed E-state index contributed by atoms with van der Waals surface area (Å²) < 4.78 is 35.7. The fourth-order valence-electron chi connectivity index (χ4n) is 2.53. The van der Waals surface area contributed by atoms with Crippen molar-refractivity contribution in [1.82, 2.24) is 14.8 Å². The Morgan fingerprint density at radius 3 is 2.70 bits per heavy atom. The quantitative estimate of drug-likeness (QED) is 0.789. The van der Waals surface area contributed by atoms with Crippen LogP contribution < -0.4 is 5.32 Å². The first-order valence-corrected chi connectivity index (χ1v) is 9.11. The second-order valence-corrected chi connectivity index (χ2v) is 8.08. The van der Waals surface area contributed by atoms with E-state index in [0.29, 0.717) is 36.7 Å². The Hall–Kier alpha value is -1.45. The molecule has 1 aliphatic rings. The Labute approximate surface area is 136 Å². The number of ether oxygens (including phenoxy) is 1. The molecule has 1 aliphatic heterocycles. The van der Waals surface area contributed by atoms with Crippen molar-refractivity contribution in [2.45, 2.75) is 26.3 Å². The number of sulfonamides is 1. The van der Waals surface area contributed by atoms with Gasteiger partial charge < -0.3 is 14.6 Å². The van der Waals surface area contributed by atoms with Crippen molar-refractivity contribution < 1.29 is 22.5 Å². The van der Waals surface area contributed by atoms with Gasteiger partial charge in [0.1, 0.15) is 11.3 Å². The van der Waals surface area contributed by atoms with Crippen molar-refractivity contribution in [2.24, 2.45) is 5.92 Å². The zero-order valence-corrected chi connectivity index (χ0v) is 14.6. The Balaban J connectivity index is 2.09. The third-order valence-corrected chi connectivity index (χ3v) is 5.95. The first kappa shape index (κ1) is 17.9. The van der Waals surface area contributed by atoms with Gasteiger partial charge in [-0.2, -0.15) is 0 Å². The molecular formula is C14H23N3O5S. The minimum atomic E-state index is -3.35. The van der Waals surface area contributed by atoms with Crippen LogP contribution in [-0.2, 0) is 21.2 Å². The van der Waals surface area contributed by atoms with Gasteiger partial charge >= 0.3 is 0 Å². The molecule has 8 nitrogen and oxygen atoms in total. The zero-order valence-electron chi connectivity index (χ0n) is 13.8. The second kappa shape index (κ2) is 6.98. The lowest BCUT2D eigenvalue weighted by Gasteiger charge is -2.21. The van der Waals surface area contributed by atoms with Crippen LogP contribution in [0, 0.1) is 12.8 Å².